The van der Waals surface area contributed by atoms with E-state index in [2.05, 4.69) is 24.4 Å². The standard InChI is InChI=1S/C15H16FNS/c1-3-10-5-7-14(18-10)13-8-11-12(16)6-4-9(2)15(11)17-13/h4-7,13,17H,3,8H2,1-2H3. The molecule has 94 valence electrons. The van der Waals surface area contributed by atoms with Gasteiger partial charge < -0.3 is 5.32 Å². The van der Waals surface area contributed by atoms with Crippen LogP contribution in [0.4, 0.5) is 10.1 Å². The van der Waals surface area contributed by atoms with Crippen molar-refractivity contribution in [2.75, 3.05) is 5.32 Å². The van der Waals surface area contributed by atoms with Crippen molar-refractivity contribution in [3.05, 3.63) is 51.0 Å². The molecule has 0 radical (unpaired) electrons. The van der Waals surface area contributed by atoms with Crippen molar-refractivity contribution < 1.29 is 4.39 Å². The highest BCUT2D eigenvalue weighted by Crippen LogP contribution is 2.39. The molecule has 1 atom stereocenters. The van der Waals surface area contributed by atoms with Gasteiger partial charge in [-0.05, 0) is 37.1 Å². The molecule has 0 fully saturated rings. The van der Waals surface area contributed by atoms with Gasteiger partial charge in [-0.3, -0.25) is 0 Å². The van der Waals surface area contributed by atoms with E-state index >= 15 is 0 Å². The lowest BCUT2D eigenvalue weighted by Gasteiger charge is -2.09. The van der Waals surface area contributed by atoms with Crippen molar-refractivity contribution in [2.45, 2.75) is 32.7 Å². The summed E-state index contributed by atoms with van der Waals surface area (Å²) in [6, 6.07) is 7.99. The summed E-state index contributed by atoms with van der Waals surface area (Å²) in [5.74, 6) is -0.0853. The molecule has 3 heteroatoms. The Morgan fingerprint density at radius 2 is 2.17 bits per heavy atom. The molecule has 1 nitrogen and oxygen atoms in total. The van der Waals surface area contributed by atoms with Crippen LogP contribution in [0, 0.1) is 12.7 Å². The lowest BCUT2D eigenvalue weighted by atomic mass is 10.1. The van der Waals surface area contributed by atoms with Crippen molar-refractivity contribution in [1.82, 2.24) is 0 Å². The molecule has 0 saturated carbocycles. The maximum Gasteiger partial charge on any atom is 0.128 e. The number of nitrogens with one attached hydrogen (secondary N) is 1. The molecular weight excluding hydrogens is 245 g/mol. The first-order valence-electron chi connectivity index (χ1n) is 6.32. The van der Waals surface area contributed by atoms with E-state index in [0.717, 1.165) is 29.7 Å². The van der Waals surface area contributed by atoms with Gasteiger partial charge in [0.15, 0.2) is 0 Å². The van der Waals surface area contributed by atoms with E-state index in [1.54, 1.807) is 6.07 Å². The largest absolute Gasteiger partial charge is 0.377 e. The summed E-state index contributed by atoms with van der Waals surface area (Å²) in [6.07, 6.45) is 1.82. The first kappa shape index (κ1) is 11.7. The minimum Gasteiger partial charge on any atom is -0.377 e. The van der Waals surface area contributed by atoms with E-state index in [1.165, 1.54) is 9.75 Å². The third kappa shape index (κ3) is 1.83. The molecule has 1 aromatic carbocycles. The second-order valence-electron chi connectivity index (χ2n) is 4.78. The predicted molar refractivity (Wildman–Crippen MR) is 74.9 cm³/mol. The average Bonchev–Trinajstić information content (AvgIpc) is 2.99. The quantitative estimate of drug-likeness (QED) is 0.841. The Morgan fingerprint density at radius 3 is 2.83 bits per heavy atom. The van der Waals surface area contributed by atoms with Crippen LogP contribution in [0.15, 0.2) is 24.3 Å². The van der Waals surface area contributed by atoms with E-state index in [1.807, 2.05) is 24.3 Å². The summed E-state index contributed by atoms with van der Waals surface area (Å²) >= 11 is 1.83. The predicted octanol–water partition coefficient (Wildman–Crippen LogP) is 4.47. The van der Waals surface area contributed by atoms with Crippen LogP contribution in [-0.2, 0) is 12.8 Å². The van der Waals surface area contributed by atoms with E-state index in [-0.39, 0.29) is 11.9 Å². The zero-order chi connectivity index (χ0) is 12.7. The number of thiophene rings is 1. The van der Waals surface area contributed by atoms with Gasteiger partial charge in [0.05, 0.1) is 6.04 Å². The number of rotatable bonds is 2. The van der Waals surface area contributed by atoms with Gasteiger partial charge in [-0.25, -0.2) is 4.39 Å². The highest BCUT2D eigenvalue weighted by Gasteiger charge is 2.26. The maximum absolute atomic E-state index is 13.8. The number of hydrogen-bond donors (Lipinski definition) is 1. The average molecular weight is 261 g/mol. The van der Waals surface area contributed by atoms with Gasteiger partial charge in [-0.2, -0.15) is 0 Å². The minimum atomic E-state index is -0.0853. The molecule has 0 bridgehead atoms. The number of benzene rings is 1. The second kappa shape index (κ2) is 4.39. The Hall–Kier alpha value is -1.35. The topological polar surface area (TPSA) is 12.0 Å². The first-order valence-corrected chi connectivity index (χ1v) is 7.13. The van der Waals surface area contributed by atoms with E-state index in [4.69, 9.17) is 0 Å². The van der Waals surface area contributed by atoms with Gasteiger partial charge in [-0.1, -0.05) is 13.0 Å². The Morgan fingerprint density at radius 1 is 1.33 bits per heavy atom. The molecule has 2 aromatic rings. The summed E-state index contributed by atoms with van der Waals surface area (Å²) in [4.78, 5) is 2.70. The zero-order valence-corrected chi connectivity index (χ0v) is 11.4. The summed E-state index contributed by atoms with van der Waals surface area (Å²) in [6.45, 7) is 4.19. The van der Waals surface area contributed by atoms with E-state index in [0.29, 0.717) is 0 Å². The van der Waals surface area contributed by atoms with Gasteiger partial charge in [0.1, 0.15) is 5.82 Å². The maximum atomic E-state index is 13.8. The van der Waals surface area contributed by atoms with Crippen molar-refractivity contribution >= 4 is 17.0 Å². The Balaban J connectivity index is 1.93. The highest BCUT2D eigenvalue weighted by atomic mass is 32.1. The third-order valence-electron chi connectivity index (χ3n) is 3.57. The highest BCUT2D eigenvalue weighted by molar-refractivity contribution is 7.12. The number of anilines is 1. The number of aryl methyl sites for hydroxylation is 2. The number of hydrogen-bond acceptors (Lipinski definition) is 2. The summed E-state index contributed by atoms with van der Waals surface area (Å²) in [7, 11) is 0. The molecular formula is C15H16FNS. The molecule has 3 rings (SSSR count). The normalized spacial score (nSPS) is 17.6. The fourth-order valence-corrected chi connectivity index (χ4v) is 3.52. The van der Waals surface area contributed by atoms with Gasteiger partial charge in [0.25, 0.3) is 0 Å². The van der Waals surface area contributed by atoms with Crippen LogP contribution in [0.25, 0.3) is 0 Å². The third-order valence-corrected chi connectivity index (χ3v) is 4.91. The van der Waals surface area contributed by atoms with E-state index in [9.17, 15) is 4.39 Å². The molecule has 1 aliphatic heterocycles. The summed E-state index contributed by atoms with van der Waals surface area (Å²) in [5.41, 5.74) is 2.96. The van der Waals surface area contributed by atoms with Crippen LogP contribution in [0.5, 0.6) is 0 Å². The van der Waals surface area contributed by atoms with Crippen molar-refractivity contribution in [3.63, 3.8) is 0 Å². The van der Waals surface area contributed by atoms with Crippen LogP contribution in [0.3, 0.4) is 0 Å². The molecule has 1 N–H and O–H groups in total. The van der Waals surface area contributed by atoms with Crippen molar-refractivity contribution in [1.29, 1.82) is 0 Å². The van der Waals surface area contributed by atoms with Gasteiger partial charge in [-0.15, -0.1) is 11.3 Å². The summed E-state index contributed by atoms with van der Waals surface area (Å²) in [5, 5.41) is 3.47. The van der Waals surface area contributed by atoms with Crippen LogP contribution in [-0.4, -0.2) is 0 Å². The van der Waals surface area contributed by atoms with Gasteiger partial charge in [0.2, 0.25) is 0 Å². The van der Waals surface area contributed by atoms with Gasteiger partial charge >= 0.3 is 0 Å². The second-order valence-corrected chi connectivity index (χ2v) is 5.98. The van der Waals surface area contributed by atoms with E-state index < -0.39 is 0 Å². The molecule has 18 heavy (non-hydrogen) atoms. The zero-order valence-electron chi connectivity index (χ0n) is 10.6. The molecule has 1 aliphatic rings. The Labute approximate surface area is 111 Å². The first-order chi connectivity index (χ1) is 8.69. The molecule has 0 amide bonds. The fraction of sp³-hybridized carbons (Fsp3) is 0.333. The van der Waals surface area contributed by atoms with Gasteiger partial charge in [0, 0.05) is 27.4 Å². The molecule has 1 aromatic heterocycles. The minimum absolute atomic E-state index is 0.0853. The fourth-order valence-electron chi connectivity index (χ4n) is 2.51. The Kier molecular flexibility index (Phi) is 2.86. The number of halogens is 1. The molecule has 2 heterocycles. The molecule has 1 unspecified atom stereocenters. The van der Waals surface area contributed by atoms with Crippen molar-refractivity contribution in [3.8, 4) is 0 Å². The van der Waals surface area contributed by atoms with Crippen LogP contribution in [0.1, 0.15) is 33.8 Å². The SMILES string of the molecule is CCc1ccc(C2Cc3c(F)ccc(C)c3N2)s1. The molecule has 0 aliphatic carbocycles. The molecule has 0 saturated heterocycles. The lowest BCUT2D eigenvalue weighted by Crippen LogP contribution is -2.03. The monoisotopic (exact) mass is 261 g/mol. The molecule has 0 spiro atoms. The van der Waals surface area contributed by atoms with Crippen LogP contribution in [0.2, 0.25) is 0 Å². The van der Waals surface area contributed by atoms with Crippen LogP contribution < -0.4 is 5.32 Å². The number of fused-ring (bicyclic) bond motifs is 1. The van der Waals surface area contributed by atoms with Crippen molar-refractivity contribution in [2.24, 2.45) is 0 Å². The summed E-state index contributed by atoms with van der Waals surface area (Å²) < 4.78 is 13.8. The Bertz CT molecular complexity index is 557. The van der Waals surface area contributed by atoms with Crippen LogP contribution >= 0.6 is 11.3 Å². The smallest absolute Gasteiger partial charge is 0.128 e. The lowest BCUT2D eigenvalue weighted by molar-refractivity contribution is 0.610.